The topological polar surface area (TPSA) is 66.4 Å². The smallest absolute Gasteiger partial charge is 0.225 e. The van der Waals surface area contributed by atoms with Crippen molar-refractivity contribution < 1.29 is 14.3 Å². The molecule has 2 fully saturated rings. The van der Waals surface area contributed by atoms with Crippen LogP contribution in [0.1, 0.15) is 32.3 Å². The van der Waals surface area contributed by atoms with E-state index in [1.165, 1.54) is 0 Å². The molecule has 174 valence electrons. The van der Waals surface area contributed by atoms with E-state index < -0.39 is 0 Å². The average Bonchev–Trinajstić information content (AvgIpc) is 2.78. The predicted molar refractivity (Wildman–Crippen MR) is 135 cm³/mol. The highest BCUT2D eigenvalue weighted by molar-refractivity contribution is 14.0. The second-order valence-electron chi connectivity index (χ2n) is 7.55. The Bertz CT molecular complexity index is 735. The zero-order chi connectivity index (χ0) is 21.3. The Morgan fingerprint density at radius 3 is 2.55 bits per heavy atom. The maximum absolute atomic E-state index is 12.8. The summed E-state index contributed by atoms with van der Waals surface area (Å²) in [5.74, 6) is 2.04. The van der Waals surface area contributed by atoms with E-state index in [1.54, 1.807) is 0 Å². The molecule has 3 rings (SSSR count). The van der Waals surface area contributed by atoms with Gasteiger partial charge in [0.25, 0.3) is 0 Å². The fourth-order valence-corrected chi connectivity index (χ4v) is 4.08. The van der Waals surface area contributed by atoms with Crippen LogP contribution in [0.15, 0.2) is 23.2 Å². The van der Waals surface area contributed by atoms with E-state index in [1.807, 2.05) is 30.0 Å². The van der Waals surface area contributed by atoms with Crippen molar-refractivity contribution in [2.75, 3.05) is 52.5 Å². The first-order valence-corrected chi connectivity index (χ1v) is 11.3. The summed E-state index contributed by atoms with van der Waals surface area (Å²) in [5.41, 5.74) is 1.01. The number of carbonyl (C=O) groups is 1. The van der Waals surface area contributed by atoms with E-state index in [0.717, 1.165) is 49.7 Å². The molecule has 1 aromatic carbocycles. The Morgan fingerprint density at radius 1 is 1.19 bits per heavy atom. The number of benzene rings is 1. The number of carbonyl (C=O) groups excluding carboxylic acids is 1. The van der Waals surface area contributed by atoms with Crippen molar-refractivity contribution in [3.8, 4) is 5.75 Å². The number of guanidine groups is 1. The predicted octanol–water partition coefficient (Wildman–Crippen LogP) is 3.39. The van der Waals surface area contributed by atoms with Gasteiger partial charge in [0.15, 0.2) is 5.96 Å². The van der Waals surface area contributed by atoms with Gasteiger partial charge in [0.2, 0.25) is 5.91 Å². The molecule has 1 aromatic rings. The number of halogens is 2. The quantitative estimate of drug-likeness (QED) is 0.326. The third kappa shape index (κ3) is 7.39. The summed E-state index contributed by atoms with van der Waals surface area (Å²) in [6.07, 6.45) is 1.71. The molecule has 0 aromatic heterocycles. The number of piperidine rings is 1. The molecule has 2 heterocycles. The summed E-state index contributed by atoms with van der Waals surface area (Å²) in [6, 6.07) is 5.67. The van der Waals surface area contributed by atoms with Gasteiger partial charge in [-0.1, -0.05) is 17.7 Å². The van der Waals surface area contributed by atoms with Crippen molar-refractivity contribution in [2.24, 2.45) is 10.9 Å². The van der Waals surface area contributed by atoms with Gasteiger partial charge < -0.3 is 24.6 Å². The second-order valence-corrected chi connectivity index (χ2v) is 7.99. The molecule has 0 saturated carbocycles. The molecule has 0 aliphatic carbocycles. The van der Waals surface area contributed by atoms with Crippen LogP contribution >= 0.6 is 35.6 Å². The van der Waals surface area contributed by atoms with E-state index in [-0.39, 0.29) is 35.8 Å². The number of nitrogens with zero attached hydrogens (tertiary/aromatic N) is 3. The maximum atomic E-state index is 12.8. The highest BCUT2D eigenvalue weighted by Crippen LogP contribution is 2.25. The van der Waals surface area contributed by atoms with Crippen molar-refractivity contribution in [3.05, 3.63) is 28.8 Å². The number of rotatable bonds is 6. The van der Waals surface area contributed by atoms with Crippen LogP contribution in [-0.4, -0.2) is 74.2 Å². The normalized spacial score (nSPS) is 17.8. The second kappa shape index (κ2) is 13.3. The molecule has 0 unspecified atom stereocenters. The zero-order valence-corrected chi connectivity index (χ0v) is 21.5. The van der Waals surface area contributed by atoms with Gasteiger partial charge in [-0.15, -0.1) is 24.0 Å². The maximum Gasteiger partial charge on any atom is 0.225 e. The fraction of sp³-hybridized carbons (Fsp3) is 0.636. The molecule has 0 spiro atoms. The van der Waals surface area contributed by atoms with Gasteiger partial charge in [-0.3, -0.25) is 4.79 Å². The summed E-state index contributed by atoms with van der Waals surface area (Å²) in [4.78, 5) is 21.8. The SMILES string of the molecule is CCNC(=NCc1ccc(Cl)cc1OCC)N1CCC(C(=O)N2CCOCC2)CC1.I. The lowest BCUT2D eigenvalue weighted by atomic mass is 9.95. The van der Waals surface area contributed by atoms with Crippen LogP contribution in [0.3, 0.4) is 0 Å². The lowest BCUT2D eigenvalue weighted by Crippen LogP contribution is -2.50. The number of amides is 1. The summed E-state index contributed by atoms with van der Waals surface area (Å²) >= 11 is 6.11. The standard InChI is InChI=1S/C22H33ClN4O3.HI/c1-3-24-22(25-16-18-5-6-19(23)15-20(18)30-4-2)27-9-7-17(8-10-27)21(28)26-11-13-29-14-12-26;/h5-6,15,17H,3-4,7-14,16H2,1-2H3,(H,24,25);1H. The minimum atomic E-state index is 0. The number of hydrogen-bond acceptors (Lipinski definition) is 4. The Hall–Kier alpha value is -1.26. The molecule has 2 saturated heterocycles. The molecule has 1 amide bonds. The van der Waals surface area contributed by atoms with Crippen molar-refractivity contribution in [1.29, 1.82) is 0 Å². The molecule has 0 bridgehead atoms. The number of ether oxygens (including phenoxy) is 2. The van der Waals surface area contributed by atoms with Gasteiger partial charge in [-0.05, 0) is 38.8 Å². The Morgan fingerprint density at radius 2 is 1.90 bits per heavy atom. The fourth-order valence-electron chi connectivity index (χ4n) is 3.91. The molecule has 0 radical (unpaired) electrons. The molecular weight excluding hydrogens is 531 g/mol. The van der Waals surface area contributed by atoms with Gasteiger partial charge in [-0.2, -0.15) is 0 Å². The van der Waals surface area contributed by atoms with Gasteiger partial charge in [-0.25, -0.2) is 4.99 Å². The molecular formula is C22H34ClIN4O3. The third-order valence-corrected chi connectivity index (χ3v) is 5.76. The van der Waals surface area contributed by atoms with E-state index >= 15 is 0 Å². The van der Waals surface area contributed by atoms with Crippen molar-refractivity contribution in [3.63, 3.8) is 0 Å². The number of morpholine rings is 1. The Kier molecular flexibility index (Phi) is 11.2. The molecule has 1 N–H and O–H groups in total. The minimum absolute atomic E-state index is 0. The van der Waals surface area contributed by atoms with Crippen molar-refractivity contribution >= 4 is 47.4 Å². The van der Waals surface area contributed by atoms with Gasteiger partial charge in [0.1, 0.15) is 5.75 Å². The Labute approximate surface area is 207 Å². The minimum Gasteiger partial charge on any atom is -0.493 e. The van der Waals surface area contributed by atoms with Crippen LogP contribution in [-0.2, 0) is 16.1 Å². The van der Waals surface area contributed by atoms with Crippen LogP contribution in [0.4, 0.5) is 0 Å². The lowest BCUT2D eigenvalue weighted by Gasteiger charge is -2.36. The van der Waals surface area contributed by atoms with E-state index in [2.05, 4.69) is 17.1 Å². The number of nitrogens with one attached hydrogen (secondary N) is 1. The first-order valence-electron chi connectivity index (χ1n) is 10.9. The average molecular weight is 565 g/mol. The van der Waals surface area contributed by atoms with Crippen LogP contribution in [0.25, 0.3) is 0 Å². The Balaban J connectivity index is 0.00000341. The molecule has 2 aliphatic heterocycles. The summed E-state index contributed by atoms with van der Waals surface area (Å²) in [7, 11) is 0. The largest absolute Gasteiger partial charge is 0.493 e. The van der Waals surface area contributed by atoms with Crippen LogP contribution < -0.4 is 10.1 Å². The molecule has 9 heteroatoms. The van der Waals surface area contributed by atoms with Crippen molar-refractivity contribution in [1.82, 2.24) is 15.1 Å². The molecule has 7 nitrogen and oxygen atoms in total. The van der Waals surface area contributed by atoms with Gasteiger partial charge in [0, 0.05) is 49.2 Å². The zero-order valence-electron chi connectivity index (χ0n) is 18.4. The third-order valence-electron chi connectivity index (χ3n) is 5.53. The molecule has 31 heavy (non-hydrogen) atoms. The van der Waals surface area contributed by atoms with Crippen LogP contribution in [0.2, 0.25) is 5.02 Å². The number of hydrogen-bond donors (Lipinski definition) is 1. The molecule has 0 atom stereocenters. The lowest BCUT2D eigenvalue weighted by molar-refractivity contribution is -0.140. The van der Waals surface area contributed by atoms with E-state index in [4.69, 9.17) is 26.1 Å². The highest BCUT2D eigenvalue weighted by atomic mass is 127. The summed E-state index contributed by atoms with van der Waals surface area (Å²) in [6.45, 7) is 10.3. The van der Waals surface area contributed by atoms with Gasteiger partial charge in [0.05, 0.1) is 26.4 Å². The monoisotopic (exact) mass is 564 g/mol. The first-order chi connectivity index (χ1) is 14.6. The van der Waals surface area contributed by atoms with Crippen LogP contribution in [0.5, 0.6) is 5.75 Å². The summed E-state index contributed by atoms with van der Waals surface area (Å²) < 4.78 is 11.1. The highest BCUT2D eigenvalue weighted by Gasteiger charge is 2.30. The van der Waals surface area contributed by atoms with Crippen LogP contribution in [0, 0.1) is 5.92 Å². The molecule has 2 aliphatic rings. The summed E-state index contributed by atoms with van der Waals surface area (Å²) in [5, 5.41) is 4.05. The number of aliphatic imine (C=N–C) groups is 1. The van der Waals surface area contributed by atoms with Crippen molar-refractivity contribution in [2.45, 2.75) is 33.2 Å². The van der Waals surface area contributed by atoms with E-state index in [9.17, 15) is 4.79 Å². The van der Waals surface area contributed by atoms with Gasteiger partial charge >= 0.3 is 0 Å². The first kappa shape index (κ1) is 26.0. The van der Waals surface area contributed by atoms with E-state index in [0.29, 0.717) is 44.5 Å². The number of likely N-dealkylation sites (tertiary alicyclic amines) is 1.